The Labute approximate surface area is 130 Å². The SMILES string of the molecule is Nc1ccc(SCCS(=O)(=O)NCc2csc(=O)[nH]2)cc1. The van der Waals surface area contributed by atoms with Gasteiger partial charge in [-0.25, -0.2) is 13.1 Å². The predicted molar refractivity (Wildman–Crippen MR) is 87.1 cm³/mol. The van der Waals surface area contributed by atoms with Crippen molar-refractivity contribution in [2.24, 2.45) is 0 Å². The molecule has 2 rings (SSSR count). The topological polar surface area (TPSA) is 105 Å². The third-order valence-corrected chi connectivity index (χ3v) is 5.87. The molecule has 114 valence electrons. The van der Waals surface area contributed by atoms with E-state index in [9.17, 15) is 13.2 Å². The quantitative estimate of drug-likeness (QED) is 0.517. The van der Waals surface area contributed by atoms with E-state index >= 15 is 0 Å². The van der Waals surface area contributed by atoms with Crippen LogP contribution in [0.25, 0.3) is 0 Å². The van der Waals surface area contributed by atoms with Crippen molar-refractivity contribution in [1.82, 2.24) is 9.71 Å². The molecule has 0 radical (unpaired) electrons. The van der Waals surface area contributed by atoms with Gasteiger partial charge < -0.3 is 10.7 Å². The summed E-state index contributed by atoms with van der Waals surface area (Å²) in [6.07, 6.45) is 0. The molecule has 0 bridgehead atoms. The highest BCUT2D eigenvalue weighted by atomic mass is 32.2. The molecule has 0 aliphatic rings. The summed E-state index contributed by atoms with van der Waals surface area (Å²) in [7, 11) is -3.36. The summed E-state index contributed by atoms with van der Waals surface area (Å²) in [4.78, 5) is 14.3. The molecule has 0 fully saturated rings. The molecular formula is C12H15N3O3S3. The molecule has 0 atom stereocenters. The Hall–Kier alpha value is -1.29. The zero-order valence-corrected chi connectivity index (χ0v) is 13.5. The number of hydrogen-bond acceptors (Lipinski definition) is 6. The van der Waals surface area contributed by atoms with Gasteiger partial charge in [0, 0.05) is 27.4 Å². The van der Waals surface area contributed by atoms with Crippen molar-refractivity contribution in [3.05, 3.63) is 45.0 Å². The number of aromatic nitrogens is 1. The van der Waals surface area contributed by atoms with Crippen LogP contribution in [0.5, 0.6) is 0 Å². The normalized spacial score (nSPS) is 11.6. The van der Waals surface area contributed by atoms with Gasteiger partial charge in [0.1, 0.15) is 0 Å². The lowest BCUT2D eigenvalue weighted by atomic mass is 10.3. The van der Waals surface area contributed by atoms with Crippen LogP contribution in [0.2, 0.25) is 0 Å². The first-order chi connectivity index (χ1) is 9.94. The Kier molecular flexibility index (Phi) is 5.45. The van der Waals surface area contributed by atoms with E-state index in [1.54, 1.807) is 17.5 Å². The zero-order valence-electron chi connectivity index (χ0n) is 11.0. The lowest BCUT2D eigenvalue weighted by molar-refractivity contribution is 0.582. The van der Waals surface area contributed by atoms with Crippen molar-refractivity contribution in [1.29, 1.82) is 0 Å². The van der Waals surface area contributed by atoms with Crippen molar-refractivity contribution in [2.45, 2.75) is 11.4 Å². The molecule has 1 aromatic carbocycles. The van der Waals surface area contributed by atoms with Gasteiger partial charge in [0.2, 0.25) is 10.0 Å². The number of rotatable bonds is 7. The van der Waals surface area contributed by atoms with Crippen LogP contribution in [0.15, 0.2) is 39.3 Å². The van der Waals surface area contributed by atoms with Gasteiger partial charge in [-0.05, 0) is 24.3 Å². The Morgan fingerprint density at radius 3 is 2.62 bits per heavy atom. The maximum atomic E-state index is 11.8. The van der Waals surface area contributed by atoms with Crippen molar-refractivity contribution in [3.63, 3.8) is 0 Å². The van der Waals surface area contributed by atoms with Gasteiger partial charge in [0.15, 0.2) is 0 Å². The molecule has 0 saturated heterocycles. The standard InChI is InChI=1S/C12H15N3O3S3/c13-9-1-3-11(4-2-9)19-5-6-21(17,18)14-7-10-8-20-12(16)15-10/h1-4,8,14H,5-7,13H2,(H,15,16). The van der Waals surface area contributed by atoms with Gasteiger partial charge in [-0.3, -0.25) is 4.79 Å². The fraction of sp³-hybridized carbons (Fsp3) is 0.250. The van der Waals surface area contributed by atoms with Crippen molar-refractivity contribution in [2.75, 3.05) is 17.2 Å². The van der Waals surface area contributed by atoms with Crippen LogP contribution in [-0.2, 0) is 16.6 Å². The molecule has 4 N–H and O–H groups in total. The average Bonchev–Trinajstić information content (AvgIpc) is 2.85. The Bertz CT molecular complexity index is 735. The van der Waals surface area contributed by atoms with Crippen molar-refractivity contribution >= 4 is 38.8 Å². The third-order valence-electron chi connectivity index (χ3n) is 2.55. The molecule has 0 aliphatic carbocycles. The summed E-state index contributed by atoms with van der Waals surface area (Å²) in [5.41, 5.74) is 6.83. The fourth-order valence-corrected chi connectivity index (χ4v) is 4.37. The van der Waals surface area contributed by atoms with Crippen LogP contribution < -0.4 is 15.3 Å². The summed E-state index contributed by atoms with van der Waals surface area (Å²) in [6, 6.07) is 7.27. The molecule has 2 aromatic rings. The second kappa shape index (κ2) is 7.12. The first-order valence-electron chi connectivity index (χ1n) is 6.07. The lowest BCUT2D eigenvalue weighted by Crippen LogP contribution is -2.27. The van der Waals surface area contributed by atoms with E-state index in [0.29, 0.717) is 17.1 Å². The molecule has 0 unspecified atom stereocenters. The second-order valence-corrected chi connectivity index (χ2v) is 8.17. The van der Waals surface area contributed by atoms with Crippen LogP contribution in [-0.4, -0.2) is 24.9 Å². The van der Waals surface area contributed by atoms with E-state index in [0.717, 1.165) is 16.2 Å². The molecule has 0 aliphatic heterocycles. The van der Waals surface area contributed by atoms with Gasteiger partial charge in [0.25, 0.3) is 0 Å². The van der Waals surface area contributed by atoms with Crippen LogP contribution in [0.1, 0.15) is 5.69 Å². The molecule has 21 heavy (non-hydrogen) atoms. The number of nitrogens with one attached hydrogen (secondary N) is 2. The molecule has 6 nitrogen and oxygen atoms in total. The monoisotopic (exact) mass is 345 g/mol. The molecule has 0 spiro atoms. The number of nitrogens with two attached hydrogens (primary N) is 1. The number of anilines is 1. The van der Waals surface area contributed by atoms with E-state index in [1.165, 1.54) is 11.8 Å². The van der Waals surface area contributed by atoms with Crippen molar-refractivity contribution < 1.29 is 8.42 Å². The van der Waals surface area contributed by atoms with Crippen LogP contribution in [0.3, 0.4) is 0 Å². The van der Waals surface area contributed by atoms with Crippen molar-refractivity contribution in [3.8, 4) is 0 Å². The lowest BCUT2D eigenvalue weighted by Gasteiger charge is -2.05. The number of thiazole rings is 1. The predicted octanol–water partition coefficient (Wildman–Crippen LogP) is 1.23. The smallest absolute Gasteiger partial charge is 0.304 e. The van der Waals surface area contributed by atoms with Crippen LogP contribution in [0.4, 0.5) is 5.69 Å². The maximum absolute atomic E-state index is 11.8. The second-order valence-electron chi connectivity index (χ2n) is 4.23. The fourth-order valence-electron chi connectivity index (χ4n) is 1.49. The van der Waals surface area contributed by atoms with E-state index in [2.05, 4.69) is 9.71 Å². The number of H-pyrrole nitrogens is 1. The number of hydrogen-bond donors (Lipinski definition) is 3. The summed E-state index contributed by atoms with van der Waals surface area (Å²) in [5, 5.41) is 1.61. The Balaban J connectivity index is 1.78. The van der Waals surface area contributed by atoms with E-state index in [1.807, 2.05) is 12.1 Å². The minimum atomic E-state index is -3.36. The first-order valence-corrected chi connectivity index (χ1v) is 9.59. The average molecular weight is 345 g/mol. The summed E-state index contributed by atoms with van der Waals surface area (Å²) < 4.78 is 26.1. The molecule has 0 saturated carbocycles. The highest BCUT2D eigenvalue weighted by molar-refractivity contribution is 8.00. The molecule has 9 heteroatoms. The van der Waals surface area contributed by atoms with Gasteiger partial charge in [-0.1, -0.05) is 11.3 Å². The highest BCUT2D eigenvalue weighted by Crippen LogP contribution is 2.19. The molecule has 1 aromatic heterocycles. The molecule has 1 heterocycles. The van der Waals surface area contributed by atoms with Crippen LogP contribution >= 0.6 is 23.1 Å². The number of nitrogen functional groups attached to an aromatic ring is 1. The molecule has 0 amide bonds. The van der Waals surface area contributed by atoms with Gasteiger partial charge in [-0.15, -0.1) is 11.8 Å². The number of thioether (sulfide) groups is 1. The number of sulfonamides is 1. The van der Waals surface area contributed by atoms with Gasteiger partial charge >= 0.3 is 4.87 Å². The Morgan fingerprint density at radius 2 is 2.00 bits per heavy atom. The Morgan fingerprint density at radius 1 is 1.29 bits per heavy atom. The highest BCUT2D eigenvalue weighted by Gasteiger charge is 2.10. The minimum absolute atomic E-state index is 0.0103. The van der Waals surface area contributed by atoms with E-state index in [4.69, 9.17) is 5.73 Å². The van der Waals surface area contributed by atoms with E-state index < -0.39 is 10.0 Å². The van der Waals surface area contributed by atoms with Crippen LogP contribution in [0, 0.1) is 0 Å². The maximum Gasteiger partial charge on any atom is 0.304 e. The molecular weight excluding hydrogens is 330 g/mol. The first kappa shape index (κ1) is 16.1. The summed E-state index contributed by atoms with van der Waals surface area (Å²) in [5.74, 6) is 0.454. The largest absolute Gasteiger partial charge is 0.399 e. The van der Waals surface area contributed by atoms with Gasteiger partial charge in [-0.2, -0.15) is 0 Å². The summed E-state index contributed by atoms with van der Waals surface area (Å²) >= 11 is 2.46. The number of aromatic amines is 1. The zero-order chi connectivity index (χ0) is 15.3. The summed E-state index contributed by atoms with van der Waals surface area (Å²) in [6.45, 7) is 0.105. The number of benzene rings is 1. The third kappa shape index (κ3) is 5.54. The minimum Gasteiger partial charge on any atom is -0.399 e. The van der Waals surface area contributed by atoms with E-state index in [-0.39, 0.29) is 17.2 Å². The van der Waals surface area contributed by atoms with Gasteiger partial charge in [0.05, 0.1) is 12.3 Å².